The molecular weight excluding hydrogens is 404 g/mol. The van der Waals surface area contributed by atoms with E-state index in [-0.39, 0.29) is 16.9 Å². The number of hydrogen-bond acceptors (Lipinski definition) is 5. The van der Waals surface area contributed by atoms with E-state index in [4.69, 9.17) is 16.3 Å². The third-order valence-electron chi connectivity index (χ3n) is 4.08. The third-order valence-corrected chi connectivity index (χ3v) is 6.25. The van der Waals surface area contributed by atoms with Crippen LogP contribution in [0.25, 0.3) is 0 Å². The summed E-state index contributed by atoms with van der Waals surface area (Å²) in [6, 6.07) is 11.7. The SMILES string of the molecule is COC(=O)CC(NC(=O)c1ccc(S(=O)(=O)N(C)C)cc1)c1ccccc1Cl. The fourth-order valence-corrected chi connectivity index (χ4v) is 3.65. The molecule has 150 valence electrons. The van der Waals surface area contributed by atoms with E-state index in [0.29, 0.717) is 10.6 Å². The highest BCUT2D eigenvalue weighted by atomic mass is 35.5. The van der Waals surface area contributed by atoms with Gasteiger partial charge in [0.05, 0.1) is 24.5 Å². The normalized spacial score (nSPS) is 12.5. The summed E-state index contributed by atoms with van der Waals surface area (Å²) in [5, 5.41) is 3.16. The number of nitrogens with zero attached hydrogens (tertiary/aromatic N) is 1. The van der Waals surface area contributed by atoms with Crippen LogP contribution in [-0.4, -0.2) is 45.8 Å². The van der Waals surface area contributed by atoms with E-state index >= 15 is 0 Å². The predicted octanol–water partition coefficient (Wildman–Crippen LogP) is 2.62. The molecule has 2 aromatic carbocycles. The van der Waals surface area contributed by atoms with Crippen molar-refractivity contribution in [3.63, 3.8) is 0 Å². The Labute approximate surface area is 169 Å². The number of halogens is 1. The van der Waals surface area contributed by atoms with Crippen LogP contribution in [0.4, 0.5) is 0 Å². The van der Waals surface area contributed by atoms with Crippen molar-refractivity contribution in [2.24, 2.45) is 0 Å². The minimum atomic E-state index is -3.59. The molecule has 0 saturated heterocycles. The lowest BCUT2D eigenvalue weighted by Crippen LogP contribution is -2.30. The zero-order valence-corrected chi connectivity index (χ0v) is 17.3. The zero-order chi connectivity index (χ0) is 20.9. The van der Waals surface area contributed by atoms with Gasteiger partial charge in [0, 0.05) is 24.7 Å². The first kappa shape index (κ1) is 21.9. The lowest BCUT2D eigenvalue weighted by molar-refractivity contribution is -0.141. The Hall–Kier alpha value is -2.42. The molecule has 0 spiro atoms. The molecule has 0 saturated carbocycles. The van der Waals surface area contributed by atoms with Crippen LogP contribution < -0.4 is 5.32 Å². The van der Waals surface area contributed by atoms with Gasteiger partial charge in [0.15, 0.2) is 0 Å². The van der Waals surface area contributed by atoms with Gasteiger partial charge in [-0.25, -0.2) is 12.7 Å². The van der Waals surface area contributed by atoms with E-state index in [1.807, 2.05) is 0 Å². The molecule has 0 aliphatic carbocycles. The first-order valence-electron chi connectivity index (χ1n) is 8.31. The Morgan fingerprint density at radius 1 is 1.11 bits per heavy atom. The van der Waals surface area contributed by atoms with Crippen LogP contribution in [0.5, 0.6) is 0 Å². The minimum Gasteiger partial charge on any atom is -0.469 e. The van der Waals surface area contributed by atoms with E-state index in [0.717, 1.165) is 4.31 Å². The fourth-order valence-electron chi connectivity index (χ4n) is 2.48. The Morgan fingerprint density at radius 3 is 2.25 bits per heavy atom. The van der Waals surface area contributed by atoms with Crippen molar-refractivity contribution in [2.45, 2.75) is 17.4 Å². The minimum absolute atomic E-state index is 0.0752. The first-order valence-corrected chi connectivity index (χ1v) is 10.1. The maximum Gasteiger partial charge on any atom is 0.307 e. The van der Waals surface area contributed by atoms with Gasteiger partial charge in [0.2, 0.25) is 10.0 Å². The van der Waals surface area contributed by atoms with Gasteiger partial charge < -0.3 is 10.1 Å². The van der Waals surface area contributed by atoms with Crippen molar-refractivity contribution in [3.8, 4) is 0 Å². The van der Waals surface area contributed by atoms with E-state index in [1.54, 1.807) is 24.3 Å². The number of benzene rings is 2. The van der Waals surface area contributed by atoms with Gasteiger partial charge >= 0.3 is 5.97 Å². The highest BCUT2D eigenvalue weighted by molar-refractivity contribution is 7.89. The predicted molar refractivity (Wildman–Crippen MR) is 106 cm³/mol. The van der Waals surface area contributed by atoms with Gasteiger partial charge in [0.1, 0.15) is 0 Å². The lowest BCUT2D eigenvalue weighted by atomic mass is 10.0. The topological polar surface area (TPSA) is 92.8 Å². The van der Waals surface area contributed by atoms with Crippen molar-refractivity contribution in [1.82, 2.24) is 9.62 Å². The number of sulfonamides is 1. The molecule has 0 aromatic heterocycles. The van der Waals surface area contributed by atoms with E-state index < -0.39 is 27.9 Å². The average Bonchev–Trinajstić information content (AvgIpc) is 2.67. The number of methoxy groups -OCH3 is 1. The Bertz CT molecular complexity index is 959. The number of carbonyl (C=O) groups excluding carboxylic acids is 2. The van der Waals surface area contributed by atoms with Crippen molar-refractivity contribution >= 4 is 33.5 Å². The number of esters is 1. The Kier molecular flexibility index (Phi) is 7.17. The molecule has 1 unspecified atom stereocenters. The second-order valence-corrected chi connectivity index (χ2v) is 8.70. The van der Waals surface area contributed by atoms with Crippen molar-refractivity contribution in [1.29, 1.82) is 0 Å². The molecule has 9 heteroatoms. The summed E-state index contributed by atoms with van der Waals surface area (Å²) in [5.74, 6) is -0.972. The number of rotatable bonds is 7. The van der Waals surface area contributed by atoms with Crippen LogP contribution >= 0.6 is 11.6 Å². The van der Waals surface area contributed by atoms with E-state index in [2.05, 4.69) is 5.32 Å². The van der Waals surface area contributed by atoms with Crippen LogP contribution in [-0.2, 0) is 19.6 Å². The summed E-state index contributed by atoms with van der Waals surface area (Å²) < 4.78 is 30.0. The summed E-state index contributed by atoms with van der Waals surface area (Å²) in [4.78, 5) is 24.5. The second kappa shape index (κ2) is 9.18. The van der Waals surface area contributed by atoms with Crippen LogP contribution in [0.3, 0.4) is 0 Å². The summed E-state index contributed by atoms with van der Waals surface area (Å²) in [6.07, 6.45) is -0.0981. The maximum atomic E-state index is 12.6. The molecular formula is C19H21ClN2O5S. The van der Waals surface area contributed by atoms with Crippen molar-refractivity contribution < 1.29 is 22.7 Å². The van der Waals surface area contributed by atoms with E-state index in [1.165, 1.54) is 45.5 Å². The summed E-state index contributed by atoms with van der Waals surface area (Å²) in [6.45, 7) is 0. The second-order valence-electron chi connectivity index (χ2n) is 6.14. The number of amides is 1. The highest BCUT2D eigenvalue weighted by Crippen LogP contribution is 2.26. The smallest absolute Gasteiger partial charge is 0.307 e. The molecule has 1 atom stereocenters. The lowest BCUT2D eigenvalue weighted by Gasteiger charge is -2.19. The number of ether oxygens (including phenoxy) is 1. The molecule has 2 rings (SSSR count). The van der Waals surface area contributed by atoms with Gasteiger partial charge in [-0.3, -0.25) is 9.59 Å². The molecule has 28 heavy (non-hydrogen) atoms. The average molecular weight is 425 g/mol. The molecule has 0 heterocycles. The Morgan fingerprint density at radius 2 is 1.71 bits per heavy atom. The molecule has 0 aliphatic rings. The molecule has 1 N–H and O–H groups in total. The standard InChI is InChI=1S/C19H21ClN2O5S/c1-22(2)28(25,26)14-10-8-13(9-11-14)19(24)21-17(12-18(23)27-3)15-6-4-5-7-16(15)20/h4-11,17H,12H2,1-3H3,(H,21,24). The van der Waals surface area contributed by atoms with Crippen LogP contribution in [0.1, 0.15) is 28.4 Å². The van der Waals surface area contributed by atoms with Crippen LogP contribution in [0.2, 0.25) is 5.02 Å². The van der Waals surface area contributed by atoms with Crippen LogP contribution in [0.15, 0.2) is 53.4 Å². The van der Waals surface area contributed by atoms with Gasteiger partial charge in [-0.2, -0.15) is 0 Å². The van der Waals surface area contributed by atoms with Gasteiger partial charge in [-0.15, -0.1) is 0 Å². The summed E-state index contributed by atoms with van der Waals surface area (Å²) in [7, 11) is 0.529. The number of carbonyl (C=O) groups is 2. The summed E-state index contributed by atoms with van der Waals surface area (Å²) in [5.41, 5.74) is 0.828. The number of nitrogens with one attached hydrogen (secondary N) is 1. The molecule has 0 fully saturated rings. The van der Waals surface area contributed by atoms with Gasteiger partial charge in [0.25, 0.3) is 5.91 Å². The van der Waals surface area contributed by atoms with E-state index in [9.17, 15) is 18.0 Å². The molecule has 7 nitrogen and oxygen atoms in total. The van der Waals surface area contributed by atoms with Crippen molar-refractivity contribution in [3.05, 3.63) is 64.7 Å². The van der Waals surface area contributed by atoms with Gasteiger partial charge in [-0.05, 0) is 35.9 Å². The fraction of sp³-hybridized carbons (Fsp3) is 0.263. The van der Waals surface area contributed by atoms with Crippen LogP contribution in [0, 0.1) is 0 Å². The largest absolute Gasteiger partial charge is 0.469 e. The monoisotopic (exact) mass is 424 g/mol. The van der Waals surface area contributed by atoms with Crippen molar-refractivity contribution in [2.75, 3.05) is 21.2 Å². The molecule has 2 aromatic rings. The molecule has 0 radical (unpaired) electrons. The molecule has 0 bridgehead atoms. The Balaban J connectivity index is 2.26. The molecule has 1 amide bonds. The summed E-state index contributed by atoms with van der Waals surface area (Å²) >= 11 is 6.20. The molecule has 0 aliphatic heterocycles. The number of hydrogen-bond donors (Lipinski definition) is 1. The van der Waals surface area contributed by atoms with Gasteiger partial charge in [-0.1, -0.05) is 29.8 Å². The quantitative estimate of drug-likeness (QED) is 0.689. The third kappa shape index (κ3) is 5.09. The first-order chi connectivity index (χ1) is 13.2. The maximum absolute atomic E-state index is 12.6. The zero-order valence-electron chi connectivity index (χ0n) is 15.7. The highest BCUT2D eigenvalue weighted by Gasteiger charge is 2.22.